The number of aliphatic imine (C=N–C) groups is 1. The van der Waals surface area contributed by atoms with Crippen LogP contribution >= 0.6 is 0 Å². The van der Waals surface area contributed by atoms with Gasteiger partial charge < -0.3 is 29.4 Å². The molecule has 1 aromatic carbocycles. The van der Waals surface area contributed by atoms with Gasteiger partial charge in [-0.1, -0.05) is 12.1 Å². The number of rotatable bonds is 9. The number of nitrogens with zero attached hydrogens (tertiary/aromatic N) is 4. The van der Waals surface area contributed by atoms with Crippen LogP contribution in [0.3, 0.4) is 0 Å². The zero-order valence-electron chi connectivity index (χ0n) is 18.2. The Hall–Kier alpha value is -2.65. The number of benzene rings is 1. The van der Waals surface area contributed by atoms with Gasteiger partial charge in [0.25, 0.3) is 0 Å². The smallest absolute Gasteiger partial charge is 0.192 e. The molecule has 0 bridgehead atoms. The van der Waals surface area contributed by atoms with Crippen LogP contribution in [0.5, 0.6) is 5.75 Å². The Morgan fingerprint density at radius 1 is 1.33 bits per heavy atom. The summed E-state index contributed by atoms with van der Waals surface area (Å²) in [4.78, 5) is 4.74. The molecule has 1 aliphatic rings. The van der Waals surface area contributed by atoms with Crippen molar-refractivity contribution in [2.24, 2.45) is 12.0 Å². The molecule has 1 saturated heterocycles. The van der Waals surface area contributed by atoms with E-state index in [-0.39, 0.29) is 12.1 Å². The average molecular weight is 417 g/mol. The van der Waals surface area contributed by atoms with Crippen molar-refractivity contribution in [3.8, 4) is 5.75 Å². The van der Waals surface area contributed by atoms with E-state index in [4.69, 9.17) is 19.2 Å². The normalized spacial score (nSPS) is 17.7. The maximum absolute atomic E-state index is 5.93. The number of nitrogens with one attached hydrogen (secondary N) is 2. The Bertz CT molecular complexity index is 815. The van der Waals surface area contributed by atoms with Crippen LogP contribution < -0.4 is 15.4 Å². The highest BCUT2D eigenvalue weighted by Gasteiger charge is 2.17. The van der Waals surface area contributed by atoms with Crippen molar-refractivity contribution < 1.29 is 14.2 Å². The average Bonchev–Trinajstić information content (AvgIpc) is 3.39. The van der Waals surface area contributed by atoms with E-state index in [1.165, 1.54) is 0 Å². The number of methoxy groups -OCH3 is 1. The van der Waals surface area contributed by atoms with Gasteiger partial charge in [0.2, 0.25) is 0 Å². The first-order valence-corrected chi connectivity index (χ1v) is 10.3. The number of hydrogen-bond acceptors (Lipinski definition) is 6. The quantitative estimate of drug-likeness (QED) is 0.473. The van der Waals surface area contributed by atoms with Gasteiger partial charge in [-0.2, -0.15) is 0 Å². The van der Waals surface area contributed by atoms with Crippen LogP contribution in [0.2, 0.25) is 0 Å². The third-order valence-corrected chi connectivity index (χ3v) is 5.03. The fourth-order valence-electron chi connectivity index (χ4n) is 3.02. The first-order chi connectivity index (χ1) is 14.5. The van der Waals surface area contributed by atoms with Crippen LogP contribution in [-0.4, -0.2) is 59.8 Å². The summed E-state index contributed by atoms with van der Waals surface area (Å²) in [7, 11) is 3.61. The van der Waals surface area contributed by atoms with Gasteiger partial charge >= 0.3 is 0 Å². The Balaban J connectivity index is 1.60. The predicted molar refractivity (Wildman–Crippen MR) is 114 cm³/mol. The first-order valence-electron chi connectivity index (χ1n) is 10.3. The topological polar surface area (TPSA) is 94.8 Å². The van der Waals surface area contributed by atoms with Gasteiger partial charge in [-0.15, -0.1) is 10.2 Å². The van der Waals surface area contributed by atoms with Crippen molar-refractivity contribution in [2.75, 3.05) is 26.9 Å². The van der Waals surface area contributed by atoms with Crippen molar-refractivity contribution in [1.82, 2.24) is 25.4 Å². The highest BCUT2D eigenvalue weighted by atomic mass is 16.5. The maximum atomic E-state index is 5.93. The molecular formula is C21H32N6O3. The second kappa shape index (κ2) is 10.9. The molecule has 30 heavy (non-hydrogen) atoms. The molecule has 0 spiro atoms. The summed E-state index contributed by atoms with van der Waals surface area (Å²) in [5.41, 5.74) is 1.10. The molecule has 9 nitrogen and oxygen atoms in total. The summed E-state index contributed by atoms with van der Waals surface area (Å²) in [5, 5.41) is 15.1. The zero-order valence-corrected chi connectivity index (χ0v) is 18.2. The van der Waals surface area contributed by atoms with Gasteiger partial charge in [-0.3, -0.25) is 0 Å². The van der Waals surface area contributed by atoms with Crippen LogP contribution in [0.1, 0.15) is 30.6 Å². The summed E-state index contributed by atoms with van der Waals surface area (Å²) in [6.45, 7) is 7.11. The van der Waals surface area contributed by atoms with Gasteiger partial charge in [0.1, 0.15) is 11.6 Å². The van der Waals surface area contributed by atoms with Crippen molar-refractivity contribution in [3.05, 3.63) is 41.5 Å². The van der Waals surface area contributed by atoms with E-state index < -0.39 is 0 Å². The fraction of sp³-hybridized carbons (Fsp3) is 0.571. The lowest BCUT2D eigenvalue weighted by Crippen LogP contribution is -2.44. The molecule has 2 N–H and O–H groups in total. The fourth-order valence-corrected chi connectivity index (χ4v) is 3.02. The van der Waals surface area contributed by atoms with Crippen LogP contribution in [0, 0.1) is 6.92 Å². The van der Waals surface area contributed by atoms with Gasteiger partial charge in [-0.05, 0) is 38.0 Å². The third-order valence-electron chi connectivity index (χ3n) is 5.03. The Morgan fingerprint density at radius 3 is 2.77 bits per heavy atom. The monoisotopic (exact) mass is 416 g/mol. The predicted octanol–water partition coefficient (Wildman–Crippen LogP) is 1.56. The molecule has 164 valence electrons. The van der Waals surface area contributed by atoms with E-state index >= 15 is 0 Å². The van der Waals surface area contributed by atoms with Gasteiger partial charge in [0, 0.05) is 19.7 Å². The highest BCUT2D eigenvalue weighted by Crippen LogP contribution is 2.12. The second-order valence-corrected chi connectivity index (χ2v) is 7.45. The minimum atomic E-state index is 0.0916. The van der Waals surface area contributed by atoms with Gasteiger partial charge in [0.15, 0.2) is 11.8 Å². The molecule has 0 amide bonds. The Kier molecular flexibility index (Phi) is 8.04. The van der Waals surface area contributed by atoms with Crippen molar-refractivity contribution in [1.29, 1.82) is 0 Å². The minimum Gasteiger partial charge on any atom is -0.497 e. The molecule has 1 fully saturated rings. The molecule has 0 radical (unpaired) electrons. The highest BCUT2D eigenvalue weighted by molar-refractivity contribution is 5.80. The lowest BCUT2D eigenvalue weighted by Gasteiger charge is -2.20. The largest absolute Gasteiger partial charge is 0.497 e. The van der Waals surface area contributed by atoms with E-state index in [1.54, 1.807) is 7.11 Å². The summed E-state index contributed by atoms with van der Waals surface area (Å²) < 4.78 is 18.5. The Morgan fingerprint density at radius 2 is 2.13 bits per heavy atom. The molecule has 3 rings (SSSR count). The molecule has 2 unspecified atom stereocenters. The van der Waals surface area contributed by atoms with Crippen molar-refractivity contribution >= 4 is 5.96 Å². The lowest BCUT2D eigenvalue weighted by molar-refractivity contribution is 0.0347. The third kappa shape index (κ3) is 6.43. The maximum Gasteiger partial charge on any atom is 0.192 e. The summed E-state index contributed by atoms with van der Waals surface area (Å²) in [6, 6.07) is 7.99. The standard InChI is InChI=1S/C21H32N6O3/c1-15(13-30-19-9-10-29-14-19)24-21(23-12-20-26-25-16(2)27(20)3)22-11-17-5-7-18(28-4)8-6-17/h5-8,15,19H,9-14H2,1-4H3,(H2,22,23,24). The molecular weight excluding hydrogens is 384 g/mol. The summed E-state index contributed by atoms with van der Waals surface area (Å²) in [6.07, 6.45) is 1.14. The van der Waals surface area contributed by atoms with E-state index in [0.717, 1.165) is 36.0 Å². The minimum absolute atomic E-state index is 0.0916. The van der Waals surface area contributed by atoms with Gasteiger partial charge in [0.05, 0.1) is 39.5 Å². The molecule has 0 aliphatic carbocycles. The molecule has 2 atom stereocenters. The second-order valence-electron chi connectivity index (χ2n) is 7.45. The van der Waals surface area contributed by atoms with E-state index in [2.05, 4.69) is 27.8 Å². The number of hydrogen-bond donors (Lipinski definition) is 2. The Labute approximate surface area is 177 Å². The number of aromatic nitrogens is 3. The summed E-state index contributed by atoms with van der Waals surface area (Å²) >= 11 is 0. The number of ether oxygens (including phenoxy) is 3. The molecule has 1 aliphatic heterocycles. The number of aryl methyl sites for hydroxylation is 1. The van der Waals surface area contributed by atoms with E-state index in [1.807, 2.05) is 42.8 Å². The van der Waals surface area contributed by atoms with Crippen LogP contribution in [0.25, 0.3) is 0 Å². The molecule has 1 aromatic heterocycles. The molecule has 2 aromatic rings. The SMILES string of the molecule is COc1ccc(CN=C(NCc2nnc(C)n2C)NC(C)COC2CCOC2)cc1. The van der Waals surface area contributed by atoms with Crippen LogP contribution in [-0.2, 0) is 29.6 Å². The number of guanidine groups is 1. The lowest BCUT2D eigenvalue weighted by atomic mass is 10.2. The molecule has 2 heterocycles. The molecule has 0 saturated carbocycles. The van der Waals surface area contributed by atoms with Crippen molar-refractivity contribution in [2.45, 2.75) is 45.5 Å². The van der Waals surface area contributed by atoms with Crippen LogP contribution in [0.15, 0.2) is 29.3 Å². The first kappa shape index (κ1) is 22.0. The summed E-state index contributed by atoms with van der Waals surface area (Å²) in [5.74, 6) is 3.25. The zero-order chi connectivity index (χ0) is 21.3. The van der Waals surface area contributed by atoms with Crippen LogP contribution in [0.4, 0.5) is 0 Å². The van der Waals surface area contributed by atoms with Crippen molar-refractivity contribution in [3.63, 3.8) is 0 Å². The van der Waals surface area contributed by atoms with E-state index in [0.29, 0.717) is 32.3 Å². The molecule has 9 heteroatoms. The van der Waals surface area contributed by atoms with Gasteiger partial charge in [-0.25, -0.2) is 4.99 Å². The van der Waals surface area contributed by atoms with E-state index in [9.17, 15) is 0 Å².